The van der Waals surface area contributed by atoms with Crippen LogP contribution in [0.4, 0.5) is 5.69 Å². The molecular formula is C21H19Cl2N3O3. The van der Waals surface area contributed by atoms with Gasteiger partial charge in [0.15, 0.2) is 5.76 Å². The lowest BCUT2D eigenvalue weighted by atomic mass is 10.1. The summed E-state index contributed by atoms with van der Waals surface area (Å²) < 4.78 is 10.7. The normalized spacial score (nSPS) is 11.8. The number of carbonyl (C=O) groups is 1. The number of pyridine rings is 1. The number of nitrogens with zero attached hydrogens (tertiary/aromatic N) is 3. The van der Waals surface area contributed by atoms with E-state index < -0.39 is 5.60 Å². The van der Waals surface area contributed by atoms with Gasteiger partial charge in [0.25, 0.3) is 0 Å². The number of halogens is 2. The van der Waals surface area contributed by atoms with Crippen molar-refractivity contribution in [3.8, 4) is 22.7 Å². The highest BCUT2D eigenvalue weighted by Crippen LogP contribution is 2.35. The molecule has 0 aliphatic carbocycles. The van der Waals surface area contributed by atoms with Crippen LogP contribution in [0.5, 0.6) is 0 Å². The molecule has 0 aliphatic heterocycles. The van der Waals surface area contributed by atoms with Gasteiger partial charge < -0.3 is 9.26 Å². The van der Waals surface area contributed by atoms with Crippen LogP contribution in [0.25, 0.3) is 22.7 Å². The van der Waals surface area contributed by atoms with Crippen LogP contribution >= 0.6 is 23.2 Å². The van der Waals surface area contributed by atoms with Gasteiger partial charge in [-0.25, -0.2) is 0 Å². The molecule has 0 saturated heterocycles. The van der Waals surface area contributed by atoms with Crippen molar-refractivity contribution in [1.82, 2.24) is 10.1 Å². The van der Waals surface area contributed by atoms with E-state index >= 15 is 0 Å². The number of carbonyl (C=O) groups excluding carboxylic acids is 1. The summed E-state index contributed by atoms with van der Waals surface area (Å²) in [5.41, 5.74) is 1.74. The van der Waals surface area contributed by atoms with E-state index in [0.717, 1.165) is 0 Å². The molecule has 0 amide bonds. The summed E-state index contributed by atoms with van der Waals surface area (Å²) in [6.45, 7) is 5.45. The van der Waals surface area contributed by atoms with Crippen LogP contribution < -0.4 is 0 Å². The number of hydrogen-bond acceptors (Lipinski definition) is 6. The van der Waals surface area contributed by atoms with Crippen LogP contribution in [0.15, 0.2) is 52.1 Å². The zero-order valence-corrected chi connectivity index (χ0v) is 17.7. The Morgan fingerprint density at radius 2 is 1.90 bits per heavy atom. The molecule has 0 bridgehead atoms. The average Bonchev–Trinajstić information content (AvgIpc) is 3.10. The first-order chi connectivity index (χ1) is 13.7. The zero-order valence-electron chi connectivity index (χ0n) is 16.1. The van der Waals surface area contributed by atoms with Gasteiger partial charge in [-0.05, 0) is 45.0 Å². The molecule has 8 heteroatoms. The molecule has 3 rings (SSSR count). The van der Waals surface area contributed by atoms with E-state index in [4.69, 9.17) is 32.5 Å². The predicted octanol–water partition coefficient (Wildman–Crippen LogP) is 6.14. The number of aliphatic imine (C=N–C) groups is 1. The van der Waals surface area contributed by atoms with Gasteiger partial charge in [-0.15, -0.1) is 0 Å². The van der Waals surface area contributed by atoms with Crippen molar-refractivity contribution in [2.24, 2.45) is 4.99 Å². The van der Waals surface area contributed by atoms with Crippen molar-refractivity contribution >= 4 is 41.1 Å². The lowest BCUT2D eigenvalue weighted by molar-refractivity contribution is -0.153. The highest BCUT2D eigenvalue weighted by Gasteiger charge is 2.16. The third kappa shape index (κ3) is 5.65. The molecule has 6 nitrogen and oxygen atoms in total. The van der Waals surface area contributed by atoms with E-state index in [1.165, 1.54) is 6.21 Å². The number of esters is 1. The summed E-state index contributed by atoms with van der Waals surface area (Å²) in [5.74, 6) is 0.104. The Morgan fingerprint density at radius 1 is 1.17 bits per heavy atom. The van der Waals surface area contributed by atoms with Crippen molar-refractivity contribution < 1.29 is 14.1 Å². The van der Waals surface area contributed by atoms with E-state index in [2.05, 4.69) is 15.1 Å². The molecule has 0 radical (unpaired) electrons. The maximum atomic E-state index is 11.8. The van der Waals surface area contributed by atoms with Crippen LogP contribution in [-0.2, 0) is 9.53 Å². The van der Waals surface area contributed by atoms with Crippen LogP contribution in [-0.4, -0.2) is 27.9 Å². The second-order valence-corrected chi connectivity index (χ2v) is 7.99. The molecule has 2 aromatic heterocycles. The first kappa shape index (κ1) is 21.0. The smallest absolute Gasteiger partial charge is 0.311 e. The third-order valence-electron chi connectivity index (χ3n) is 3.64. The van der Waals surface area contributed by atoms with E-state index in [0.29, 0.717) is 38.4 Å². The van der Waals surface area contributed by atoms with Gasteiger partial charge in [0.1, 0.15) is 17.0 Å². The fourth-order valence-electron chi connectivity index (χ4n) is 2.50. The molecule has 29 heavy (non-hydrogen) atoms. The summed E-state index contributed by atoms with van der Waals surface area (Å²) >= 11 is 12.5. The maximum Gasteiger partial charge on any atom is 0.311 e. The molecule has 150 valence electrons. The van der Waals surface area contributed by atoms with Gasteiger partial charge in [-0.2, -0.15) is 0 Å². The van der Waals surface area contributed by atoms with Crippen molar-refractivity contribution in [2.45, 2.75) is 32.8 Å². The molecule has 0 spiro atoms. The zero-order chi connectivity index (χ0) is 21.0. The lowest BCUT2D eigenvalue weighted by Crippen LogP contribution is -2.23. The van der Waals surface area contributed by atoms with Crippen molar-refractivity contribution in [1.29, 1.82) is 0 Å². The highest BCUT2D eigenvalue weighted by molar-refractivity contribution is 6.39. The Hall–Kier alpha value is -2.70. The van der Waals surface area contributed by atoms with Gasteiger partial charge in [-0.1, -0.05) is 34.4 Å². The Labute approximate surface area is 178 Å². The van der Waals surface area contributed by atoms with E-state index in [-0.39, 0.29) is 12.4 Å². The number of ether oxygens (including phenoxy) is 1. The number of rotatable bonds is 5. The molecule has 0 aliphatic rings. The first-order valence-corrected chi connectivity index (χ1v) is 9.60. The summed E-state index contributed by atoms with van der Waals surface area (Å²) in [7, 11) is 0. The molecule has 0 N–H and O–H groups in total. The topological polar surface area (TPSA) is 77.6 Å². The van der Waals surface area contributed by atoms with E-state index in [1.807, 2.05) is 20.8 Å². The minimum absolute atomic E-state index is 0.0758. The van der Waals surface area contributed by atoms with Crippen LogP contribution in [0.1, 0.15) is 27.2 Å². The third-order valence-corrected chi connectivity index (χ3v) is 4.27. The van der Waals surface area contributed by atoms with Gasteiger partial charge in [-0.3, -0.25) is 14.8 Å². The Balaban J connectivity index is 1.76. The molecular weight excluding hydrogens is 413 g/mol. The SMILES string of the molecule is CC(C)(C)OC(=O)CC=Nc1ccnc(-c2cc(-c3c(Cl)cccc3Cl)no2)c1. The highest BCUT2D eigenvalue weighted by atomic mass is 35.5. The molecule has 0 fully saturated rings. The summed E-state index contributed by atoms with van der Waals surface area (Å²) in [5, 5.41) is 5.01. The predicted molar refractivity (Wildman–Crippen MR) is 114 cm³/mol. The van der Waals surface area contributed by atoms with Crippen molar-refractivity contribution in [3.05, 3.63) is 52.6 Å². The maximum absolute atomic E-state index is 11.8. The molecule has 0 unspecified atom stereocenters. The van der Waals surface area contributed by atoms with Crippen molar-refractivity contribution in [2.75, 3.05) is 0 Å². The van der Waals surface area contributed by atoms with Gasteiger partial charge in [0.05, 0.1) is 22.2 Å². The number of benzene rings is 1. The molecule has 3 aromatic rings. The second kappa shape index (κ2) is 8.76. The summed E-state index contributed by atoms with van der Waals surface area (Å²) in [6, 6.07) is 10.4. The first-order valence-electron chi connectivity index (χ1n) is 8.85. The van der Waals surface area contributed by atoms with Crippen LogP contribution in [0, 0.1) is 0 Å². The standard InChI is InChI=1S/C21H19Cl2N3O3/c1-21(2,3)28-19(27)8-10-24-13-7-9-25-16(11-13)18-12-17(26-29-18)20-14(22)5-4-6-15(20)23/h4-7,9-12H,8H2,1-3H3. The van der Waals surface area contributed by atoms with Crippen LogP contribution in [0.3, 0.4) is 0 Å². The minimum atomic E-state index is -0.525. The monoisotopic (exact) mass is 431 g/mol. The van der Waals surface area contributed by atoms with Gasteiger partial charge >= 0.3 is 5.97 Å². The van der Waals surface area contributed by atoms with Crippen molar-refractivity contribution in [3.63, 3.8) is 0 Å². The Kier molecular flexibility index (Phi) is 6.35. The second-order valence-electron chi connectivity index (χ2n) is 7.17. The molecule has 2 heterocycles. The number of aromatic nitrogens is 2. The van der Waals surface area contributed by atoms with E-state index in [9.17, 15) is 4.79 Å². The molecule has 0 saturated carbocycles. The quantitative estimate of drug-likeness (QED) is 0.357. The number of hydrogen-bond donors (Lipinski definition) is 0. The Morgan fingerprint density at radius 3 is 2.59 bits per heavy atom. The van der Waals surface area contributed by atoms with Crippen LogP contribution in [0.2, 0.25) is 10.0 Å². The van der Waals surface area contributed by atoms with Gasteiger partial charge in [0.2, 0.25) is 0 Å². The Bertz CT molecular complexity index is 1040. The largest absolute Gasteiger partial charge is 0.460 e. The fraction of sp³-hybridized carbons (Fsp3) is 0.238. The fourth-order valence-corrected chi connectivity index (χ4v) is 3.09. The summed E-state index contributed by atoms with van der Waals surface area (Å²) in [6.07, 6.45) is 3.18. The molecule has 0 atom stereocenters. The van der Waals surface area contributed by atoms with Gasteiger partial charge in [0, 0.05) is 24.0 Å². The van der Waals surface area contributed by atoms with E-state index in [1.54, 1.807) is 42.6 Å². The lowest BCUT2D eigenvalue weighted by Gasteiger charge is -2.18. The molecule has 1 aromatic carbocycles. The summed E-state index contributed by atoms with van der Waals surface area (Å²) in [4.78, 5) is 20.3. The average molecular weight is 432 g/mol. The minimum Gasteiger partial charge on any atom is -0.460 e.